The highest BCUT2D eigenvalue weighted by molar-refractivity contribution is 5.86. The van der Waals surface area contributed by atoms with Crippen LogP contribution in [0.4, 0.5) is 11.6 Å². The Morgan fingerprint density at radius 1 is 1.04 bits per heavy atom. The third kappa shape index (κ3) is 2.60. The Kier molecular flexibility index (Phi) is 3.47. The molecule has 118 valence electrons. The Balaban J connectivity index is 1.62. The first-order valence-electron chi connectivity index (χ1n) is 7.37. The minimum absolute atomic E-state index is 0.427. The van der Waals surface area contributed by atoms with Gasteiger partial charge in [-0.1, -0.05) is 18.2 Å². The molecule has 0 aliphatic carbocycles. The predicted octanol–water partition coefficient (Wildman–Crippen LogP) is 1.80. The van der Waals surface area contributed by atoms with Gasteiger partial charge in [0, 0.05) is 5.69 Å². The van der Waals surface area contributed by atoms with Gasteiger partial charge in [-0.05, 0) is 24.3 Å². The Bertz CT molecular complexity index is 980. The molecule has 0 amide bonds. The molecule has 24 heavy (non-hydrogen) atoms. The van der Waals surface area contributed by atoms with Gasteiger partial charge in [0.15, 0.2) is 11.5 Å². The summed E-state index contributed by atoms with van der Waals surface area (Å²) in [6, 6.07) is 13.5. The number of aromatic nitrogens is 6. The first-order chi connectivity index (χ1) is 11.8. The first kappa shape index (κ1) is 14.1. The van der Waals surface area contributed by atoms with E-state index in [2.05, 4.69) is 30.5 Å². The molecular weight excluding hydrogens is 304 g/mol. The van der Waals surface area contributed by atoms with E-state index in [0.717, 1.165) is 16.9 Å². The molecule has 0 unspecified atom stereocenters. The second-order valence-electron chi connectivity index (χ2n) is 5.14. The maximum atomic E-state index is 5.70. The summed E-state index contributed by atoms with van der Waals surface area (Å²) in [5, 5.41) is 12.2. The molecule has 0 spiro atoms. The molecule has 3 heterocycles. The standard InChI is InChI=1S/C16H14N8/c17-13-7-6-12-15(19-9-20-16(12)22-13)18-8-14-23-21-10-24(14)11-4-2-1-3-5-11/h1-7,9-10H,8H2,(H3,17,18,19,20,22). The number of benzene rings is 1. The van der Waals surface area contributed by atoms with E-state index >= 15 is 0 Å². The van der Waals surface area contributed by atoms with Crippen molar-refractivity contribution in [2.45, 2.75) is 6.54 Å². The summed E-state index contributed by atoms with van der Waals surface area (Å²) in [5.41, 5.74) is 7.25. The summed E-state index contributed by atoms with van der Waals surface area (Å²) in [7, 11) is 0. The lowest BCUT2D eigenvalue weighted by molar-refractivity contribution is 0.886. The van der Waals surface area contributed by atoms with Crippen molar-refractivity contribution < 1.29 is 0 Å². The maximum Gasteiger partial charge on any atom is 0.166 e. The number of anilines is 2. The summed E-state index contributed by atoms with van der Waals surface area (Å²) in [6.45, 7) is 0.464. The number of para-hydroxylation sites is 1. The zero-order chi connectivity index (χ0) is 16.4. The predicted molar refractivity (Wildman–Crippen MR) is 90.4 cm³/mol. The lowest BCUT2D eigenvalue weighted by Gasteiger charge is -2.09. The van der Waals surface area contributed by atoms with Crippen molar-refractivity contribution in [3.63, 3.8) is 0 Å². The molecule has 4 rings (SSSR count). The third-order valence-corrected chi connectivity index (χ3v) is 3.59. The smallest absolute Gasteiger partial charge is 0.166 e. The fraction of sp³-hybridized carbons (Fsp3) is 0.0625. The molecule has 0 atom stereocenters. The summed E-state index contributed by atoms with van der Waals surface area (Å²) in [5.74, 6) is 1.88. The highest BCUT2D eigenvalue weighted by Gasteiger charge is 2.09. The fourth-order valence-corrected chi connectivity index (χ4v) is 2.44. The molecule has 0 aliphatic heterocycles. The number of nitrogens with one attached hydrogen (secondary N) is 1. The van der Waals surface area contributed by atoms with Gasteiger partial charge in [-0.3, -0.25) is 4.57 Å². The third-order valence-electron chi connectivity index (χ3n) is 3.59. The van der Waals surface area contributed by atoms with Crippen molar-refractivity contribution in [3.05, 3.63) is 60.9 Å². The molecule has 0 aliphatic rings. The second-order valence-corrected chi connectivity index (χ2v) is 5.14. The number of hydrogen-bond donors (Lipinski definition) is 2. The largest absolute Gasteiger partial charge is 0.384 e. The lowest BCUT2D eigenvalue weighted by atomic mass is 10.3. The quantitative estimate of drug-likeness (QED) is 0.590. The van der Waals surface area contributed by atoms with Gasteiger partial charge >= 0.3 is 0 Å². The number of rotatable bonds is 4. The molecule has 3 aromatic heterocycles. The summed E-state index contributed by atoms with van der Waals surface area (Å²) >= 11 is 0. The Morgan fingerprint density at radius 3 is 2.79 bits per heavy atom. The Labute approximate surface area is 137 Å². The van der Waals surface area contributed by atoms with Crippen molar-refractivity contribution in [1.29, 1.82) is 0 Å². The van der Waals surface area contributed by atoms with E-state index in [-0.39, 0.29) is 0 Å². The van der Waals surface area contributed by atoms with Crippen LogP contribution in [0.3, 0.4) is 0 Å². The molecule has 0 radical (unpaired) electrons. The number of hydrogen-bond acceptors (Lipinski definition) is 7. The van der Waals surface area contributed by atoms with Gasteiger partial charge in [-0.15, -0.1) is 10.2 Å². The van der Waals surface area contributed by atoms with Crippen LogP contribution in [-0.4, -0.2) is 29.7 Å². The van der Waals surface area contributed by atoms with Crippen LogP contribution >= 0.6 is 0 Å². The topological polar surface area (TPSA) is 107 Å². The van der Waals surface area contributed by atoms with Gasteiger partial charge in [-0.2, -0.15) is 0 Å². The Hall–Kier alpha value is -3.55. The van der Waals surface area contributed by atoms with Gasteiger partial charge in [0.25, 0.3) is 0 Å². The van der Waals surface area contributed by atoms with E-state index in [1.165, 1.54) is 6.33 Å². The highest BCUT2D eigenvalue weighted by Crippen LogP contribution is 2.19. The highest BCUT2D eigenvalue weighted by atomic mass is 15.3. The van der Waals surface area contributed by atoms with Gasteiger partial charge in [-0.25, -0.2) is 15.0 Å². The van der Waals surface area contributed by atoms with Crippen LogP contribution in [0.15, 0.2) is 55.1 Å². The molecule has 4 aromatic rings. The van der Waals surface area contributed by atoms with Crippen LogP contribution in [0.5, 0.6) is 0 Å². The average Bonchev–Trinajstić information content (AvgIpc) is 3.09. The van der Waals surface area contributed by atoms with Crippen LogP contribution < -0.4 is 11.1 Å². The van der Waals surface area contributed by atoms with E-state index in [0.29, 0.717) is 23.8 Å². The minimum Gasteiger partial charge on any atom is -0.384 e. The first-order valence-corrected chi connectivity index (χ1v) is 7.37. The molecule has 3 N–H and O–H groups in total. The normalized spacial score (nSPS) is 10.8. The zero-order valence-corrected chi connectivity index (χ0v) is 12.7. The molecule has 0 fully saturated rings. The summed E-state index contributed by atoms with van der Waals surface area (Å²) < 4.78 is 1.92. The second kappa shape index (κ2) is 5.92. The maximum absolute atomic E-state index is 5.70. The van der Waals surface area contributed by atoms with Crippen molar-refractivity contribution >= 4 is 22.7 Å². The summed E-state index contributed by atoms with van der Waals surface area (Å²) in [4.78, 5) is 12.6. The lowest BCUT2D eigenvalue weighted by Crippen LogP contribution is -2.09. The van der Waals surface area contributed by atoms with Crippen LogP contribution in [0.25, 0.3) is 16.7 Å². The monoisotopic (exact) mass is 318 g/mol. The number of nitrogens with zero attached hydrogens (tertiary/aromatic N) is 6. The van der Waals surface area contributed by atoms with E-state index in [1.54, 1.807) is 12.4 Å². The molecule has 8 heteroatoms. The van der Waals surface area contributed by atoms with Crippen molar-refractivity contribution in [3.8, 4) is 5.69 Å². The minimum atomic E-state index is 0.427. The number of fused-ring (bicyclic) bond motifs is 1. The van der Waals surface area contributed by atoms with Gasteiger partial charge in [0.2, 0.25) is 0 Å². The molecule has 8 nitrogen and oxygen atoms in total. The molecule has 0 bridgehead atoms. The summed E-state index contributed by atoms with van der Waals surface area (Å²) in [6.07, 6.45) is 3.14. The fourth-order valence-electron chi connectivity index (χ4n) is 2.44. The SMILES string of the molecule is Nc1ccc2c(NCc3nncn3-c3ccccc3)ncnc2n1. The molecule has 1 aromatic carbocycles. The van der Waals surface area contributed by atoms with Crippen LogP contribution in [0, 0.1) is 0 Å². The number of nitrogen functional groups attached to an aromatic ring is 1. The average molecular weight is 318 g/mol. The van der Waals surface area contributed by atoms with Crippen molar-refractivity contribution in [2.24, 2.45) is 0 Å². The number of nitrogens with two attached hydrogens (primary N) is 1. The Morgan fingerprint density at radius 2 is 1.92 bits per heavy atom. The van der Waals surface area contributed by atoms with Crippen LogP contribution in [0.1, 0.15) is 5.82 Å². The van der Waals surface area contributed by atoms with E-state index in [9.17, 15) is 0 Å². The van der Waals surface area contributed by atoms with E-state index in [4.69, 9.17) is 5.73 Å². The zero-order valence-electron chi connectivity index (χ0n) is 12.7. The van der Waals surface area contributed by atoms with E-state index < -0.39 is 0 Å². The molecule has 0 saturated heterocycles. The molecule has 0 saturated carbocycles. The van der Waals surface area contributed by atoms with Crippen molar-refractivity contribution in [2.75, 3.05) is 11.1 Å². The number of pyridine rings is 1. The van der Waals surface area contributed by atoms with Crippen molar-refractivity contribution in [1.82, 2.24) is 29.7 Å². The van der Waals surface area contributed by atoms with Crippen LogP contribution in [0.2, 0.25) is 0 Å². The van der Waals surface area contributed by atoms with Gasteiger partial charge < -0.3 is 11.1 Å². The van der Waals surface area contributed by atoms with Crippen LogP contribution in [-0.2, 0) is 6.54 Å². The van der Waals surface area contributed by atoms with Gasteiger partial charge in [0.05, 0.1) is 11.9 Å². The molecular formula is C16H14N8. The van der Waals surface area contributed by atoms with Gasteiger partial charge in [0.1, 0.15) is 24.3 Å². The van der Waals surface area contributed by atoms with E-state index in [1.807, 2.05) is 41.0 Å².